The van der Waals surface area contributed by atoms with E-state index in [1.54, 1.807) is 0 Å². The lowest BCUT2D eigenvalue weighted by molar-refractivity contribution is -0.170. The number of aliphatic hydroxyl groups is 1. The quantitative estimate of drug-likeness (QED) is 0.116. The predicted molar refractivity (Wildman–Crippen MR) is 174 cm³/mol. The van der Waals surface area contributed by atoms with E-state index in [-0.39, 0.29) is 6.10 Å². The maximum Gasteiger partial charge on any atom is 0.349 e. The van der Waals surface area contributed by atoms with Gasteiger partial charge in [-0.15, -0.1) is 22.7 Å². The number of carbonyl (C=O) groups excluding carboxylic acids is 1. The molecule has 230 valence electrons. The molecule has 2 saturated carbocycles. The Morgan fingerprint density at radius 2 is 1.56 bits per heavy atom. The monoisotopic (exact) mass is 619 g/mol. The summed E-state index contributed by atoms with van der Waals surface area (Å²) < 4.78 is 12.5. The summed E-state index contributed by atoms with van der Waals surface area (Å²) in [7, 11) is 0.658. The zero-order valence-corrected chi connectivity index (χ0v) is 28.8. The number of thiophene rings is 2. The minimum Gasteiger partial charge on any atom is -0.459 e. The zero-order chi connectivity index (χ0) is 29.7. The summed E-state index contributed by atoms with van der Waals surface area (Å²) >= 11 is 2.80. The van der Waals surface area contributed by atoms with Gasteiger partial charge in [-0.1, -0.05) is 65.0 Å². The van der Waals surface area contributed by atoms with E-state index < -0.39 is 19.9 Å². The number of esters is 1. The molecule has 4 rings (SSSR count). The molecule has 2 aliphatic carbocycles. The Morgan fingerprint density at radius 3 is 2.12 bits per heavy atom. The number of hydrogen-bond acceptors (Lipinski definition) is 7. The van der Waals surface area contributed by atoms with Crippen LogP contribution in [-0.4, -0.2) is 56.6 Å². The molecule has 2 bridgehead atoms. The first-order valence-corrected chi connectivity index (χ1v) is 20.5. The number of nitrogens with zero attached hydrogens (tertiary/aromatic N) is 1. The predicted octanol–water partition coefficient (Wildman–Crippen LogP) is 8.44. The fraction of sp³-hybridized carbons (Fsp3) is 0.727. The van der Waals surface area contributed by atoms with Crippen LogP contribution in [0.2, 0.25) is 18.1 Å². The van der Waals surface area contributed by atoms with E-state index in [4.69, 9.17) is 9.16 Å². The Balaban J connectivity index is 1.16. The summed E-state index contributed by atoms with van der Waals surface area (Å²) in [6.07, 6.45) is 12.0. The van der Waals surface area contributed by atoms with Crippen LogP contribution in [0.15, 0.2) is 35.0 Å². The van der Waals surface area contributed by atoms with E-state index >= 15 is 0 Å². The van der Waals surface area contributed by atoms with E-state index in [2.05, 4.69) is 45.8 Å². The molecule has 5 nitrogen and oxygen atoms in total. The average Bonchev–Trinajstić information content (AvgIpc) is 3.73. The summed E-state index contributed by atoms with van der Waals surface area (Å²) in [6.45, 7) is 13.6. The zero-order valence-electron chi connectivity index (χ0n) is 26.2. The van der Waals surface area contributed by atoms with E-state index in [1.165, 1.54) is 74.0 Å². The van der Waals surface area contributed by atoms with Crippen LogP contribution >= 0.6 is 22.7 Å². The highest BCUT2D eigenvalue weighted by atomic mass is 32.1. The number of carbonyl (C=O) groups is 1. The van der Waals surface area contributed by atoms with Crippen molar-refractivity contribution in [1.29, 1.82) is 0 Å². The second-order valence-corrected chi connectivity index (χ2v) is 20.6. The van der Waals surface area contributed by atoms with E-state index in [0.29, 0.717) is 32.7 Å². The van der Waals surface area contributed by atoms with Crippen molar-refractivity contribution in [2.24, 2.45) is 11.8 Å². The molecule has 4 atom stereocenters. The van der Waals surface area contributed by atoms with Crippen LogP contribution in [0.1, 0.15) is 94.7 Å². The lowest BCUT2D eigenvalue weighted by atomic mass is 9.96. The lowest BCUT2D eigenvalue weighted by Gasteiger charge is -2.36. The van der Waals surface area contributed by atoms with Crippen molar-refractivity contribution < 1.29 is 19.1 Å². The topological polar surface area (TPSA) is 59.0 Å². The summed E-state index contributed by atoms with van der Waals surface area (Å²) in [5, 5.41) is 15.7. The minimum atomic E-state index is -1.72. The molecule has 41 heavy (non-hydrogen) atoms. The molecule has 0 aliphatic heterocycles. The van der Waals surface area contributed by atoms with Crippen LogP contribution in [-0.2, 0) is 19.6 Å². The van der Waals surface area contributed by atoms with Crippen molar-refractivity contribution >= 4 is 37.0 Å². The Morgan fingerprint density at radius 1 is 0.976 bits per heavy atom. The molecule has 4 unspecified atom stereocenters. The highest BCUT2D eigenvalue weighted by Crippen LogP contribution is 2.49. The molecule has 0 spiro atoms. The average molecular weight is 620 g/mol. The Hall–Kier alpha value is -1.03. The first-order valence-electron chi connectivity index (χ1n) is 15.8. The van der Waals surface area contributed by atoms with Crippen LogP contribution < -0.4 is 0 Å². The van der Waals surface area contributed by atoms with Crippen LogP contribution in [0.4, 0.5) is 0 Å². The Kier molecular flexibility index (Phi) is 11.4. The van der Waals surface area contributed by atoms with Gasteiger partial charge in [-0.05, 0) is 92.6 Å². The van der Waals surface area contributed by atoms with Gasteiger partial charge in [0.25, 0.3) is 0 Å². The molecule has 0 radical (unpaired) electrons. The molecule has 2 heterocycles. The van der Waals surface area contributed by atoms with E-state index in [0.717, 1.165) is 26.0 Å². The highest BCUT2D eigenvalue weighted by molar-refractivity contribution is 7.12. The summed E-state index contributed by atoms with van der Waals surface area (Å²) in [5.41, 5.74) is -1.72. The summed E-state index contributed by atoms with van der Waals surface area (Å²) in [4.78, 5) is 17.3. The van der Waals surface area contributed by atoms with Crippen molar-refractivity contribution in [2.45, 2.75) is 121 Å². The summed E-state index contributed by atoms with van der Waals surface area (Å²) in [6, 6.07) is 7.88. The lowest BCUT2D eigenvalue weighted by Crippen LogP contribution is -2.42. The van der Waals surface area contributed by atoms with E-state index in [9.17, 15) is 9.90 Å². The second-order valence-electron chi connectivity index (χ2n) is 13.9. The van der Waals surface area contributed by atoms with Crippen LogP contribution in [0.3, 0.4) is 0 Å². The third kappa shape index (κ3) is 7.74. The van der Waals surface area contributed by atoms with Gasteiger partial charge in [-0.2, -0.15) is 0 Å². The van der Waals surface area contributed by atoms with Crippen molar-refractivity contribution in [3.05, 3.63) is 44.8 Å². The molecule has 0 saturated heterocycles. The number of hydrogen-bond donors (Lipinski definition) is 1. The van der Waals surface area contributed by atoms with Crippen molar-refractivity contribution in [3.63, 3.8) is 0 Å². The first-order chi connectivity index (χ1) is 19.4. The Labute approximate surface area is 257 Å². The molecule has 2 aromatic heterocycles. The van der Waals surface area contributed by atoms with Gasteiger partial charge < -0.3 is 19.2 Å². The largest absolute Gasteiger partial charge is 0.459 e. The molecular formula is C33H53NO4S2Si. The molecule has 0 aromatic carbocycles. The normalized spacial score (nSPS) is 23.0. The highest BCUT2D eigenvalue weighted by Gasteiger charge is 2.53. The van der Waals surface area contributed by atoms with Gasteiger partial charge in [-0.3, -0.25) is 0 Å². The van der Waals surface area contributed by atoms with Gasteiger partial charge in [0.2, 0.25) is 5.60 Å². The maximum atomic E-state index is 13.5. The standard InChI is InChI=1S/C33H53NO4S2Si/c1-32(2,3)41(5,6)37-21-13-11-9-7-8-10-12-20-34(4)30-25-18-19-26(30)27(24-25)38-31(35)33(36,28-16-14-22-39-28)29-17-15-23-40-29/h14-17,22-23,25-27,30,36H,7-13,18-21,24H2,1-6H3. The molecule has 2 fully saturated rings. The maximum absolute atomic E-state index is 13.5. The van der Waals surface area contributed by atoms with Gasteiger partial charge >= 0.3 is 5.97 Å². The molecular weight excluding hydrogens is 567 g/mol. The van der Waals surface area contributed by atoms with Gasteiger partial charge in [0.05, 0.1) is 9.75 Å². The van der Waals surface area contributed by atoms with Crippen LogP contribution in [0.25, 0.3) is 0 Å². The van der Waals surface area contributed by atoms with Gasteiger partial charge in [0.15, 0.2) is 8.32 Å². The summed E-state index contributed by atoms with van der Waals surface area (Å²) in [5.74, 6) is 0.416. The molecule has 2 aliphatic rings. The Bertz CT molecular complexity index is 1030. The number of ether oxygens (including phenoxy) is 1. The molecule has 8 heteroatoms. The number of unbranched alkanes of at least 4 members (excludes halogenated alkanes) is 6. The van der Waals surface area contributed by atoms with Crippen molar-refractivity contribution in [1.82, 2.24) is 4.90 Å². The van der Waals surface area contributed by atoms with Gasteiger partial charge in [0.1, 0.15) is 6.10 Å². The van der Waals surface area contributed by atoms with Gasteiger partial charge in [0, 0.05) is 18.6 Å². The first kappa shape index (κ1) is 32.9. The third-order valence-corrected chi connectivity index (χ3v) is 16.5. The van der Waals surface area contributed by atoms with E-state index in [1.807, 2.05) is 35.0 Å². The molecule has 2 aromatic rings. The number of rotatable bonds is 16. The minimum absolute atomic E-state index is 0.110. The second kappa shape index (κ2) is 14.2. The number of fused-ring (bicyclic) bond motifs is 2. The fourth-order valence-corrected chi connectivity index (χ4v) is 9.41. The van der Waals surface area contributed by atoms with Crippen LogP contribution in [0, 0.1) is 11.8 Å². The van der Waals surface area contributed by atoms with Crippen molar-refractivity contribution in [3.8, 4) is 0 Å². The fourth-order valence-electron chi connectivity index (χ4n) is 6.61. The molecule has 0 amide bonds. The molecule has 1 N–H and O–H groups in total. The van der Waals surface area contributed by atoms with Gasteiger partial charge in [-0.25, -0.2) is 4.79 Å². The SMILES string of the molecule is CN(CCCCCCCCCO[Si](C)(C)C(C)(C)C)C1C2CCC1C(OC(=O)C(O)(c1cccs1)c1cccs1)C2. The van der Waals surface area contributed by atoms with Crippen LogP contribution in [0.5, 0.6) is 0 Å². The smallest absolute Gasteiger partial charge is 0.349 e. The van der Waals surface area contributed by atoms with Crippen molar-refractivity contribution in [2.75, 3.05) is 20.2 Å². The third-order valence-electron chi connectivity index (χ3n) is 10.0.